The van der Waals surface area contributed by atoms with E-state index in [-0.39, 0.29) is 0 Å². The van der Waals surface area contributed by atoms with Crippen molar-refractivity contribution in [2.24, 2.45) is 0 Å². The minimum absolute atomic E-state index is 0.612. The van der Waals surface area contributed by atoms with Crippen molar-refractivity contribution in [3.8, 4) is 0 Å². The van der Waals surface area contributed by atoms with Gasteiger partial charge in [-0.05, 0) is 47.6 Å². The third-order valence-corrected chi connectivity index (χ3v) is 3.47. The average molecular weight is 222 g/mol. The smallest absolute Gasteiger partial charge is 0.138 e. The number of rotatable bonds is 1. The molecular weight excluding hydrogens is 210 g/mol. The van der Waals surface area contributed by atoms with Crippen LogP contribution in [-0.2, 0) is 12.8 Å². The van der Waals surface area contributed by atoms with Gasteiger partial charge in [0.15, 0.2) is 0 Å². The predicted octanol–water partition coefficient (Wildman–Crippen LogP) is 1.27. The first kappa shape index (κ1) is 10.4. The Bertz CT molecular complexity index is 379. The molecule has 1 amide bonds. The summed E-state index contributed by atoms with van der Waals surface area (Å²) in [4.78, 5) is 10.4. The fourth-order valence-corrected chi connectivity index (χ4v) is 2.70. The summed E-state index contributed by atoms with van der Waals surface area (Å²) in [5.41, 5.74) is 3.20. The summed E-state index contributed by atoms with van der Waals surface area (Å²) in [7, 11) is 0. The molecule has 1 aromatic rings. The van der Waals surface area contributed by atoms with Gasteiger partial charge in [0.2, 0.25) is 0 Å². The molecule has 3 nitrogen and oxygen atoms in total. The molecule has 0 spiro atoms. The highest BCUT2D eigenvalue weighted by Crippen LogP contribution is 2.22. The zero-order valence-electron chi connectivity index (χ0n) is 8.29. The molecule has 0 bridgehead atoms. The van der Waals surface area contributed by atoms with Crippen LogP contribution < -0.4 is 10.4 Å². The van der Waals surface area contributed by atoms with E-state index in [1.165, 1.54) is 11.1 Å². The number of benzene rings is 1. The molecule has 0 atom stereocenters. The van der Waals surface area contributed by atoms with Crippen LogP contribution in [-0.4, -0.2) is 17.6 Å². The first-order chi connectivity index (χ1) is 7.25. The standard InChI is InChI=1S/C11H13NO2S/c13-11(14)12-10-2-1-8-3-5-15-6-4-9(8)7-10/h1-2,7,12H,3-6H2,(H,13,14)/p-1. The molecule has 0 unspecified atom stereocenters. The van der Waals surface area contributed by atoms with Crippen LogP contribution in [0.5, 0.6) is 0 Å². The van der Waals surface area contributed by atoms with Gasteiger partial charge in [-0.1, -0.05) is 6.07 Å². The molecule has 80 valence electrons. The van der Waals surface area contributed by atoms with Gasteiger partial charge >= 0.3 is 0 Å². The van der Waals surface area contributed by atoms with Crippen molar-refractivity contribution in [3.63, 3.8) is 0 Å². The Kier molecular flexibility index (Phi) is 3.16. The molecule has 0 radical (unpaired) electrons. The lowest BCUT2D eigenvalue weighted by atomic mass is 10.0. The Labute approximate surface area is 92.9 Å². The number of hydrogen-bond acceptors (Lipinski definition) is 3. The summed E-state index contributed by atoms with van der Waals surface area (Å²) in [5, 5.41) is 12.7. The molecule has 0 aromatic heterocycles. The lowest BCUT2D eigenvalue weighted by Crippen LogP contribution is -2.28. The predicted molar refractivity (Wildman–Crippen MR) is 60.2 cm³/mol. The van der Waals surface area contributed by atoms with E-state index < -0.39 is 6.09 Å². The molecule has 4 heteroatoms. The van der Waals surface area contributed by atoms with Gasteiger partial charge in [-0.2, -0.15) is 11.8 Å². The first-order valence-electron chi connectivity index (χ1n) is 4.93. The highest BCUT2D eigenvalue weighted by atomic mass is 32.2. The van der Waals surface area contributed by atoms with Crippen molar-refractivity contribution < 1.29 is 9.90 Å². The largest absolute Gasteiger partial charge is 0.530 e. The molecule has 1 aliphatic heterocycles. The third-order valence-electron chi connectivity index (χ3n) is 2.48. The molecular formula is C11H12NO2S-. The molecule has 0 saturated heterocycles. The summed E-state index contributed by atoms with van der Waals surface area (Å²) in [6, 6.07) is 5.72. The molecule has 1 heterocycles. The average Bonchev–Trinajstić information content (AvgIpc) is 2.41. The topological polar surface area (TPSA) is 52.2 Å². The van der Waals surface area contributed by atoms with Crippen LogP contribution >= 0.6 is 11.8 Å². The molecule has 0 saturated carbocycles. The number of anilines is 1. The minimum Gasteiger partial charge on any atom is -0.530 e. The fourth-order valence-electron chi connectivity index (χ4n) is 1.76. The first-order valence-corrected chi connectivity index (χ1v) is 6.09. The second-order valence-electron chi connectivity index (χ2n) is 3.51. The number of carboxylic acid groups (broad SMARTS) is 1. The highest BCUT2D eigenvalue weighted by Gasteiger charge is 2.08. The van der Waals surface area contributed by atoms with Crippen molar-refractivity contribution in [2.75, 3.05) is 16.8 Å². The van der Waals surface area contributed by atoms with E-state index in [9.17, 15) is 9.90 Å². The zero-order valence-corrected chi connectivity index (χ0v) is 9.10. The fraction of sp³-hybridized carbons (Fsp3) is 0.364. The van der Waals surface area contributed by atoms with Crippen LogP contribution in [0, 0.1) is 0 Å². The van der Waals surface area contributed by atoms with Crippen LogP contribution in [0.2, 0.25) is 0 Å². The molecule has 1 aliphatic rings. The van der Waals surface area contributed by atoms with E-state index in [4.69, 9.17) is 0 Å². The van der Waals surface area contributed by atoms with Gasteiger partial charge < -0.3 is 15.2 Å². The van der Waals surface area contributed by atoms with Crippen molar-refractivity contribution in [3.05, 3.63) is 29.3 Å². The zero-order chi connectivity index (χ0) is 10.7. The number of thioether (sulfide) groups is 1. The molecule has 15 heavy (non-hydrogen) atoms. The molecule has 0 aliphatic carbocycles. The van der Waals surface area contributed by atoms with E-state index >= 15 is 0 Å². The van der Waals surface area contributed by atoms with Gasteiger partial charge in [0.05, 0.1) is 0 Å². The summed E-state index contributed by atoms with van der Waals surface area (Å²) in [5.74, 6) is 2.27. The molecule has 0 fully saturated rings. The second kappa shape index (κ2) is 4.57. The number of fused-ring (bicyclic) bond motifs is 1. The third kappa shape index (κ3) is 2.65. The SMILES string of the molecule is O=C([O-])Nc1ccc2c(c1)CCSCC2. The van der Waals surface area contributed by atoms with Gasteiger partial charge in [-0.15, -0.1) is 0 Å². The quantitative estimate of drug-likeness (QED) is 0.778. The maximum atomic E-state index is 10.4. The maximum absolute atomic E-state index is 10.4. The van der Waals surface area contributed by atoms with Gasteiger partial charge in [0, 0.05) is 5.69 Å². The Morgan fingerprint density at radius 2 is 2.00 bits per heavy atom. The number of amides is 1. The summed E-state index contributed by atoms with van der Waals surface area (Å²) < 4.78 is 0. The maximum Gasteiger partial charge on any atom is 0.138 e. The van der Waals surface area contributed by atoms with Gasteiger partial charge in [0.25, 0.3) is 0 Å². The Morgan fingerprint density at radius 1 is 1.27 bits per heavy atom. The Morgan fingerprint density at radius 3 is 2.73 bits per heavy atom. The van der Waals surface area contributed by atoms with Crippen LogP contribution in [0.4, 0.5) is 10.5 Å². The second-order valence-corrected chi connectivity index (χ2v) is 4.73. The highest BCUT2D eigenvalue weighted by molar-refractivity contribution is 7.99. The Balaban J connectivity index is 2.23. The van der Waals surface area contributed by atoms with E-state index in [0.717, 1.165) is 24.3 Å². The van der Waals surface area contributed by atoms with Gasteiger partial charge in [-0.3, -0.25) is 0 Å². The summed E-state index contributed by atoms with van der Waals surface area (Å²) >= 11 is 1.94. The lowest BCUT2D eigenvalue weighted by Gasteiger charge is -2.10. The van der Waals surface area contributed by atoms with E-state index in [0.29, 0.717) is 5.69 Å². The summed E-state index contributed by atoms with van der Waals surface area (Å²) in [6.45, 7) is 0. The number of carbonyl (C=O) groups is 1. The number of nitrogens with one attached hydrogen (secondary N) is 1. The van der Waals surface area contributed by atoms with E-state index in [1.807, 2.05) is 23.9 Å². The molecule has 2 rings (SSSR count). The van der Waals surface area contributed by atoms with Crippen LogP contribution in [0.15, 0.2) is 18.2 Å². The number of hydrogen-bond donors (Lipinski definition) is 1. The summed E-state index contributed by atoms with van der Waals surface area (Å²) in [6.07, 6.45) is 0.840. The number of carbonyl (C=O) groups excluding carboxylic acids is 1. The van der Waals surface area contributed by atoms with Crippen molar-refractivity contribution in [1.29, 1.82) is 0 Å². The molecule has 1 aromatic carbocycles. The van der Waals surface area contributed by atoms with Gasteiger partial charge in [-0.25, -0.2) is 0 Å². The Hall–Kier alpha value is -1.16. The van der Waals surface area contributed by atoms with Gasteiger partial charge in [0.1, 0.15) is 6.09 Å². The van der Waals surface area contributed by atoms with Crippen molar-refractivity contribution >= 4 is 23.5 Å². The lowest BCUT2D eigenvalue weighted by molar-refractivity contribution is -0.242. The molecule has 1 N–H and O–H groups in total. The minimum atomic E-state index is -1.25. The van der Waals surface area contributed by atoms with E-state index in [2.05, 4.69) is 5.32 Å². The van der Waals surface area contributed by atoms with E-state index in [1.54, 1.807) is 6.07 Å². The van der Waals surface area contributed by atoms with Crippen LogP contribution in [0.1, 0.15) is 11.1 Å². The normalized spacial score (nSPS) is 15.2. The number of aryl methyl sites for hydroxylation is 2. The monoisotopic (exact) mass is 222 g/mol. The van der Waals surface area contributed by atoms with Crippen LogP contribution in [0.3, 0.4) is 0 Å². The van der Waals surface area contributed by atoms with Crippen molar-refractivity contribution in [2.45, 2.75) is 12.8 Å². The van der Waals surface area contributed by atoms with Crippen LogP contribution in [0.25, 0.3) is 0 Å². The van der Waals surface area contributed by atoms with Crippen molar-refractivity contribution in [1.82, 2.24) is 0 Å².